The SMILES string of the molecule is Cc1cc(Cl)c(Nc2cnc(N)cn2)cc1Cl. The fraction of sp³-hybridized carbons (Fsp3) is 0.0909. The number of aromatic nitrogens is 2. The number of halogens is 2. The first-order chi connectivity index (χ1) is 8.06. The Balaban J connectivity index is 2.30. The van der Waals surface area contributed by atoms with Crippen LogP contribution in [0.1, 0.15) is 5.56 Å². The van der Waals surface area contributed by atoms with Gasteiger partial charge in [-0.2, -0.15) is 0 Å². The van der Waals surface area contributed by atoms with Gasteiger partial charge in [0.1, 0.15) is 11.6 Å². The molecule has 0 radical (unpaired) electrons. The normalized spacial score (nSPS) is 10.3. The van der Waals surface area contributed by atoms with Gasteiger partial charge in [0.25, 0.3) is 0 Å². The van der Waals surface area contributed by atoms with Crippen LogP contribution in [-0.2, 0) is 0 Å². The van der Waals surface area contributed by atoms with Gasteiger partial charge in [0.05, 0.1) is 23.1 Å². The van der Waals surface area contributed by atoms with Crippen LogP contribution in [-0.4, -0.2) is 9.97 Å². The smallest absolute Gasteiger partial charge is 0.149 e. The minimum atomic E-state index is 0.364. The predicted octanol–water partition coefficient (Wildman–Crippen LogP) is 3.42. The zero-order valence-corrected chi connectivity index (χ0v) is 10.5. The number of nitrogen functional groups attached to an aromatic ring is 1. The largest absolute Gasteiger partial charge is 0.382 e. The summed E-state index contributed by atoms with van der Waals surface area (Å²) in [6, 6.07) is 3.54. The molecule has 1 aromatic carbocycles. The Morgan fingerprint density at radius 3 is 2.53 bits per heavy atom. The molecule has 0 amide bonds. The second kappa shape index (κ2) is 4.77. The van der Waals surface area contributed by atoms with Crippen molar-refractivity contribution >= 4 is 40.5 Å². The van der Waals surface area contributed by atoms with Crippen LogP contribution >= 0.6 is 23.2 Å². The lowest BCUT2D eigenvalue weighted by molar-refractivity contribution is 1.21. The summed E-state index contributed by atoms with van der Waals surface area (Å²) in [6.07, 6.45) is 2.99. The van der Waals surface area contributed by atoms with Crippen molar-refractivity contribution < 1.29 is 0 Å². The van der Waals surface area contributed by atoms with E-state index in [2.05, 4.69) is 15.3 Å². The maximum absolute atomic E-state index is 6.09. The van der Waals surface area contributed by atoms with Gasteiger partial charge in [-0.05, 0) is 24.6 Å². The van der Waals surface area contributed by atoms with Crippen LogP contribution in [0.25, 0.3) is 0 Å². The van der Waals surface area contributed by atoms with Crippen LogP contribution in [0.15, 0.2) is 24.5 Å². The summed E-state index contributed by atoms with van der Waals surface area (Å²) in [5.74, 6) is 0.921. The van der Waals surface area contributed by atoms with Gasteiger partial charge >= 0.3 is 0 Å². The molecule has 0 saturated heterocycles. The lowest BCUT2D eigenvalue weighted by atomic mass is 10.2. The van der Waals surface area contributed by atoms with Crippen molar-refractivity contribution in [2.24, 2.45) is 0 Å². The summed E-state index contributed by atoms with van der Waals surface area (Å²) in [5.41, 5.74) is 7.05. The van der Waals surface area contributed by atoms with Crippen molar-refractivity contribution in [3.8, 4) is 0 Å². The number of nitrogens with one attached hydrogen (secondary N) is 1. The third-order valence-electron chi connectivity index (χ3n) is 2.18. The second-order valence-corrected chi connectivity index (χ2v) is 4.35. The Labute approximate surface area is 109 Å². The van der Waals surface area contributed by atoms with E-state index in [4.69, 9.17) is 28.9 Å². The molecule has 0 aliphatic carbocycles. The molecule has 0 aliphatic rings. The number of anilines is 3. The van der Waals surface area contributed by atoms with Crippen LogP contribution in [0.4, 0.5) is 17.3 Å². The van der Waals surface area contributed by atoms with Crippen LogP contribution in [0.2, 0.25) is 10.0 Å². The minimum absolute atomic E-state index is 0.364. The molecule has 1 aromatic heterocycles. The Morgan fingerprint density at radius 2 is 1.88 bits per heavy atom. The van der Waals surface area contributed by atoms with Gasteiger partial charge in [-0.1, -0.05) is 23.2 Å². The van der Waals surface area contributed by atoms with E-state index in [0.29, 0.717) is 27.4 Å². The van der Waals surface area contributed by atoms with Gasteiger partial charge in [-0.15, -0.1) is 0 Å². The summed E-state index contributed by atoms with van der Waals surface area (Å²) in [7, 11) is 0. The summed E-state index contributed by atoms with van der Waals surface area (Å²) in [6.45, 7) is 1.89. The first kappa shape index (κ1) is 12.0. The van der Waals surface area contributed by atoms with Crippen molar-refractivity contribution in [3.63, 3.8) is 0 Å². The van der Waals surface area contributed by atoms with Gasteiger partial charge in [-0.3, -0.25) is 0 Å². The van der Waals surface area contributed by atoms with Crippen LogP contribution < -0.4 is 11.1 Å². The predicted molar refractivity (Wildman–Crippen MR) is 70.9 cm³/mol. The minimum Gasteiger partial charge on any atom is -0.382 e. The highest BCUT2D eigenvalue weighted by atomic mass is 35.5. The van der Waals surface area contributed by atoms with Gasteiger partial charge in [0, 0.05) is 5.02 Å². The molecule has 0 aliphatic heterocycles. The molecule has 2 rings (SSSR count). The number of aryl methyl sites for hydroxylation is 1. The summed E-state index contributed by atoms with van der Waals surface area (Å²) >= 11 is 12.1. The Hall–Kier alpha value is -1.52. The van der Waals surface area contributed by atoms with Crippen LogP contribution in [0, 0.1) is 6.92 Å². The summed E-state index contributed by atoms with van der Waals surface area (Å²) in [4.78, 5) is 7.99. The number of hydrogen-bond acceptors (Lipinski definition) is 4. The molecule has 0 saturated carbocycles. The molecule has 88 valence electrons. The molecule has 0 spiro atoms. The lowest BCUT2D eigenvalue weighted by Crippen LogP contribution is -1.98. The number of nitrogens with zero attached hydrogens (tertiary/aromatic N) is 2. The first-order valence-electron chi connectivity index (χ1n) is 4.86. The molecule has 4 nitrogen and oxygen atoms in total. The molecule has 2 aromatic rings. The van der Waals surface area contributed by atoms with E-state index in [1.165, 1.54) is 12.4 Å². The lowest BCUT2D eigenvalue weighted by Gasteiger charge is -2.09. The van der Waals surface area contributed by atoms with Gasteiger partial charge in [0.2, 0.25) is 0 Å². The maximum atomic E-state index is 6.09. The third-order valence-corrected chi connectivity index (χ3v) is 2.90. The Morgan fingerprint density at radius 1 is 1.12 bits per heavy atom. The van der Waals surface area contributed by atoms with Crippen molar-refractivity contribution in [2.75, 3.05) is 11.1 Å². The highest BCUT2D eigenvalue weighted by Gasteiger charge is 2.05. The zero-order chi connectivity index (χ0) is 12.4. The molecule has 6 heteroatoms. The first-order valence-corrected chi connectivity index (χ1v) is 5.62. The molecule has 0 fully saturated rings. The zero-order valence-electron chi connectivity index (χ0n) is 9.04. The van der Waals surface area contributed by atoms with Gasteiger partial charge < -0.3 is 11.1 Å². The van der Waals surface area contributed by atoms with Crippen LogP contribution in [0.5, 0.6) is 0 Å². The molecule has 3 N–H and O–H groups in total. The number of benzene rings is 1. The Bertz CT molecular complexity index is 540. The average Bonchev–Trinajstić information content (AvgIpc) is 2.29. The van der Waals surface area contributed by atoms with E-state index in [-0.39, 0.29) is 0 Å². The molecule has 17 heavy (non-hydrogen) atoms. The fourth-order valence-corrected chi connectivity index (χ4v) is 1.71. The molecule has 1 heterocycles. The molecular formula is C11H10Cl2N4. The molecule has 0 atom stereocenters. The van der Waals surface area contributed by atoms with Crippen molar-refractivity contribution in [2.45, 2.75) is 6.92 Å². The van der Waals surface area contributed by atoms with E-state index in [0.717, 1.165) is 5.56 Å². The van der Waals surface area contributed by atoms with Crippen molar-refractivity contribution in [3.05, 3.63) is 40.1 Å². The second-order valence-electron chi connectivity index (χ2n) is 3.53. The van der Waals surface area contributed by atoms with E-state index in [9.17, 15) is 0 Å². The third kappa shape index (κ3) is 2.78. The summed E-state index contributed by atoms with van der Waals surface area (Å²) < 4.78 is 0. The molecule has 0 bridgehead atoms. The topological polar surface area (TPSA) is 63.8 Å². The highest BCUT2D eigenvalue weighted by Crippen LogP contribution is 2.30. The van der Waals surface area contributed by atoms with E-state index < -0.39 is 0 Å². The maximum Gasteiger partial charge on any atom is 0.149 e. The van der Waals surface area contributed by atoms with Gasteiger partial charge in [-0.25, -0.2) is 9.97 Å². The van der Waals surface area contributed by atoms with Gasteiger partial charge in [0.15, 0.2) is 0 Å². The fourth-order valence-electron chi connectivity index (χ4n) is 1.28. The molecule has 0 unspecified atom stereocenters. The number of nitrogens with two attached hydrogens (primary N) is 1. The van der Waals surface area contributed by atoms with Crippen molar-refractivity contribution in [1.82, 2.24) is 9.97 Å². The number of hydrogen-bond donors (Lipinski definition) is 2. The van der Waals surface area contributed by atoms with E-state index in [1.54, 1.807) is 12.1 Å². The summed E-state index contributed by atoms with van der Waals surface area (Å²) in [5, 5.41) is 4.24. The van der Waals surface area contributed by atoms with Crippen molar-refractivity contribution in [1.29, 1.82) is 0 Å². The molecular weight excluding hydrogens is 259 g/mol. The quantitative estimate of drug-likeness (QED) is 0.876. The average molecular weight is 269 g/mol. The Kier molecular flexibility index (Phi) is 3.36. The van der Waals surface area contributed by atoms with E-state index in [1.807, 2.05) is 6.92 Å². The van der Waals surface area contributed by atoms with E-state index >= 15 is 0 Å². The van der Waals surface area contributed by atoms with Crippen LogP contribution in [0.3, 0.4) is 0 Å². The number of rotatable bonds is 2. The standard InChI is InChI=1S/C11H10Cl2N4/c1-6-2-8(13)9(3-7(6)12)17-11-5-15-10(14)4-16-11/h2-5H,1H3,(H2,14,15)(H,16,17). The highest BCUT2D eigenvalue weighted by molar-refractivity contribution is 6.35. The monoisotopic (exact) mass is 268 g/mol.